The number of piperidine rings is 1. The third kappa shape index (κ3) is 2.38. The van der Waals surface area contributed by atoms with E-state index in [0.29, 0.717) is 11.7 Å². The van der Waals surface area contributed by atoms with Crippen LogP contribution in [0, 0.1) is 10.1 Å². The molecule has 1 atom stereocenters. The number of hydrogen-bond donors (Lipinski definition) is 2. The van der Waals surface area contributed by atoms with Crippen LogP contribution in [0.15, 0.2) is 6.20 Å². The fourth-order valence-corrected chi connectivity index (χ4v) is 2.38. The van der Waals surface area contributed by atoms with Crippen molar-refractivity contribution in [3.05, 3.63) is 16.3 Å². The van der Waals surface area contributed by atoms with E-state index in [-0.39, 0.29) is 5.82 Å². The number of H-pyrrole nitrogens is 1. The molecule has 2 rings (SSSR count). The molecule has 1 unspecified atom stereocenters. The molecule has 0 radical (unpaired) electrons. The van der Waals surface area contributed by atoms with Gasteiger partial charge in [0.15, 0.2) is 5.69 Å². The molecular weight excluding hydrogens is 222 g/mol. The predicted octanol–water partition coefficient (Wildman–Crippen LogP) is 0.896. The highest BCUT2D eigenvalue weighted by molar-refractivity contribution is 5.59. The average Bonchev–Trinajstić information content (AvgIpc) is 2.79. The zero-order valence-corrected chi connectivity index (χ0v) is 9.85. The molecular formula is C10H17N5O2. The van der Waals surface area contributed by atoms with E-state index in [1.165, 1.54) is 6.42 Å². The van der Waals surface area contributed by atoms with Gasteiger partial charge in [0.05, 0.1) is 0 Å². The minimum Gasteiger partial charge on any atom is -0.359 e. The van der Waals surface area contributed by atoms with Crippen LogP contribution in [-0.2, 0) is 0 Å². The summed E-state index contributed by atoms with van der Waals surface area (Å²) in [6.07, 6.45) is 4.85. The SMILES string of the molecule is CNCC1CCCCN1c1cn[nH]c1[N+](=O)[O-]. The second-order valence-electron chi connectivity index (χ2n) is 4.26. The van der Waals surface area contributed by atoms with Crippen LogP contribution in [0.5, 0.6) is 0 Å². The maximum atomic E-state index is 10.9. The number of aromatic amines is 1. The molecule has 0 amide bonds. The van der Waals surface area contributed by atoms with Crippen LogP contribution in [0.3, 0.4) is 0 Å². The summed E-state index contributed by atoms with van der Waals surface area (Å²) in [5, 5.41) is 20.3. The number of anilines is 1. The van der Waals surface area contributed by atoms with E-state index >= 15 is 0 Å². The Hall–Kier alpha value is -1.63. The van der Waals surface area contributed by atoms with E-state index in [9.17, 15) is 10.1 Å². The summed E-state index contributed by atoms with van der Waals surface area (Å²) in [4.78, 5) is 12.6. The number of nitrogens with zero attached hydrogens (tertiary/aromatic N) is 3. The first-order chi connectivity index (χ1) is 8.24. The normalized spacial score (nSPS) is 20.5. The van der Waals surface area contributed by atoms with E-state index < -0.39 is 4.92 Å². The fourth-order valence-electron chi connectivity index (χ4n) is 2.38. The quantitative estimate of drug-likeness (QED) is 0.602. The number of likely N-dealkylation sites (N-methyl/N-ethyl adjacent to an activating group) is 1. The van der Waals surface area contributed by atoms with Crippen molar-refractivity contribution in [1.29, 1.82) is 0 Å². The molecule has 2 N–H and O–H groups in total. The second-order valence-corrected chi connectivity index (χ2v) is 4.26. The lowest BCUT2D eigenvalue weighted by Crippen LogP contribution is -2.45. The number of rotatable bonds is 4. The molecule has 1 aliphatic heterocycles. The molecule has 1 aromatic rings. The van der Waals surface area contributed by atoms with Crippen molar-refractivity contribution in [3.8, 4) is 0 Å². The van der Waals surface area contributed by atoms with Crippen LogP contribution in [-0.4, -0.2) is 41.3 Å². The third-order valence-electron chi connectivity index (χ3n) is 3.16. The van der Waals surface area contributed by atoms with E-state index in [1.807, 2.05) is 7.05 Å². The van der Waals surface area contributed by atoms with Gasteiger partial charge in [-0.25, -0.2) is 0 Å². The monoisotopic (exact) mass is 239 g/mol. The number of nitro groups is 1. The highest BCUT2D eigenvalue weighted by Gasteiger charge is 2.28. The number of aromatic nitrogens is 2. The Morgan fingerprint density at radius 1 is 1.71 bits per heavy atom. The molecule has 17 heavy (non-hydrogen) atoms. The van der Waals surface area contributed by atoms with Gasteiger partial charge in [-0.15, -0.1) is 5.10 Å². The maximum Gasteiger partial charge on any atom is 0.366 e. The molecule has 1 aromatic heterocycles. The maximum absolute atomic E-state index is 10.9. The van der Waals surface area contributed by atoms with Crippen molar-refractivity contribution in [1.82, 2.24) is 15.5 Å². The van der Waals surface area contributed by atoms with Crippen molar-refractivity contribution in [2.24, 2.45) is 0 Å². The number of hydrogen-bond acceptors (Lipinski definition) is 5. The van der Waals surface area contributed by atoms with E-state index in [1.54, 1.807) is 6.20 Å². The summed E-state index contributed by atoms with van der Waals surface area (Å²) < 4.78 is 0. The fraction of sp³-hybridized carbons (Fsp3) is 0.700. The summed E-state index contributed by atoms with van der Waals surface area (Å²) in [6.45, 7) is 1.69. The van der Waals surface area contributed by atoms with Crippen LogP contribution in [0.25, 0.3) is 0 Å². The van der Waals surface area contributed by atoms with Crippen LogP contribution < -0.4 is 10.2 Å². The van der Waals surface area contributed by atoms with Gasteiger partial charge >= 0.3 is 5.82 Å². The molecule has 0 aliphatic carbocycles. The van der Waals surface area contributed by atoms with E-state index in [4.69, 9.17) is 0 Å². The van der Waals surface area contributed by atoms with Crippen molar-refractivity contribution >= 4 is 11.5 Å². The smallest absolute Gasteiger partial charge is 0.359 e. The summed E-state index contributed by atoms with van der Waals surface area (Å²) in [7, 11) is 1.90. The molecule has 0 bridgehead atoms. The highest BCUT2D eigenvalue weighted by Crippen LogP contribution is 2.30. The van der Waals surface area contributed by atoms with Gasteiger partial charge in [-0.05, 0) is 31.2 Å². The first-order valence-electron chi connectivity index (χ1n) is 5.83. The van der Waals surface area contributed by atoms with Gasteiger partial charge in [-0.3, -0.25) is 0 Å². The zero-order valence-electron chi connectivity index (χ0n) is 9.85. The molecule has 0 aromatic carbocycles. The Morgan fingerprint density at radius 3 is 3.24 bits per heavy atom. The standard InChI is InChI=1S/C10H17N5O2/c1-11-6-8-4-2-3-5-14(8)9-7-12-13-10(9)15(16)17/h7-8,11H,2-6H2,1H3,(H,12,13). The Labute approximate surface area is 99.3 Å². The molecule has 0 saturated carbocycles. The van der Waals surface area contributed by atoms with Crippen LogP contribution in [0.4, 0.5) is 11.5 Å². The highest BCUT2D eigenvalue weighted by atomic mass is 16.6. The molecule has 1 aliphatic rings. The van der Waals surface area contributed by atoms with Gasteiger partial charge in [0.2, 0.25) is 0 Å². The van der Waals surface area contributed by atoms with Gasteiger partial charge in [0, 0.05) is 19.1 Å². The lowest BCUT2D eigenvalue weighted by molar-refractivity contribution is -0.388. The van der Waals surface area contributed by atoms with Crippen molar-refractivity contribution in [2.45, 2.75) is 25.3 Å². The lowest BCUT2D eigenvalue weighted by Gasteiger charge is -2.36. The largest absolute Gasteiger partial charge is 0.366 e. The topological polar surface area (TPSA) is 87.1 Å². The van der Waals surface area contributed by atoms with Crippen molar-refractivity contribution in [3.63, 3.8) is 0 Å². The average molecular weight is 239 g/mol. The Kier molecular flexibility index (Phi) is 3.58. The summed E-state index contributed by atoms with van der Waals surface area (Å²) in [6, 6.07) is 0.310. The van der Waals surface area contributed by atoms with Gasteiger partial charge in [0.25, 0.3) is 0 Å². The summed E-state index contributed by atoms with van der Waals surface area (Å²) >= 11 is 0. The summed E-state index contributed by atoms with van der Waals surface area (Å²) in [5.74, 6) is -0.00648. The zero-order chi connectivity index (χ0) is 12.3. The van der Waals surface area contributed by atoms with Crippen molar-refractivity contribution in [2.75, 3.05) is 25.0 Å². The number of nitrogens with one attached hydrogen (secondary N) is 2. The van der Waals surface area contributed by atoms with E-state index in [0.717, 1.165) is 25.9 Å². The Bertz CT molecular complexity index is 390. The second kappa shape index (κ2) is 5.13. The van der Waals surface area contributed by atoms with Gasteiger partial charge < -0.3 is 20.3 Å². The molecule has 1 saturated heterocycles. The first-order valence-corrected chi connectivity index (χ1v) is 5.83. The lowest BCUT2D eigenvalue weighted by atomic mass is 10.0. The molecule has 1 fully saturated rings. The van der Waals surface area contributed by atoms with Crippen LogP contribution in [0.1, 0.15) is 19.3 Å². The summed E-state index contributed by atoms with van der Waals surface area (Å²) in [5.41, 5.74) is 0.606. The van der Waals surface area contributed by atoms with Gasteiger partial charge in [-0.1, -0.05) is 5.10 Å². The van der Waals surface area contributed by atoms with Crippen LogP contribution in [0.2, 0.25) is 0 Å². The van der Waals surface area contributed by atoms with Gasteiger partial charge in [-0.2, -0.15) is 0 Å². The first kappa shape index (κ1) is 11.8. The van der Waals surface area contributed by atoms with Gasteiger partial charge in [0.1, 0.15) is 6.20 Å². The Morgan fingerprint density at radius 2 is 2.53 bits per heavy atom. The Balaban J connectivity index is 2.23. The molecule has 7 nitrogen and oxygen atoms in total. The predicted molar refractivity (Wildman–Crippen MR) is 64.2 cm³/mol. The minimum absolute atomic E-state index is 0.00648. The molecule has 94 valence electrons. The molecule has 0 spiro atoms. The minimum atomic E-state index is -0.409. The molecule has 7 heteroatoms. The van der Waals surface area contributed by atoms with E-state index in [2.05, 4.69) is 20.4 Å². The van der Waals surface area contributed by atoms with Crippen molar-refractivity contribution < 1.29 is 4.92 Å². The third-order valence-corrected chi connectivity index (χ3v) is 3.16. The molecule has 2 heterocycles. The van der Waals surface area contributed by atoms with Crippen LogP contribution >= 0.6 is 0 Å².